The van der Waals surface area contributed by atoms with Gasteiger partial charge in [0.05, 0.1) is 0 Å². The Hall–Kier alpha value is -1.94. The van der Waals surface area contributed by atoms with Gasteiger partial charge in [-0.25, -0.2) is 18.1 Å². The highest BCUT2D eigenvalue weighted by atomic mass is 32.2. The molecule has 1 aliphatic rings. The van der Waals surface area contributed by atoms with Gasteiger partial charge in [-0.2, -0.15) is 0 Å². The first-order valence-electron chi connectivity index (χ1n) is 7.23. The minimum atomic E-state index is -3.86. The Morgan fingerprint density at radius 3 is 2.64 bits per heavy atom. The van der Waals surface area contributed by atoms with Crippen LogP contribution in [-0.2, 0) is 15.3 Å². The molecule has 1 atom stereocenters. The third kappa shape index (κ3) is 3.69. The second-order valence-electron chi connectivity index (χ2n) is 5.34. The Bertz CT molecular complexity index is 785. The lowest BCUT2D eigenvalue weighted by atomic mass is 10.0. The van der Waals surface area contributed by atoms with E-state index < -0.39 is 36.8 Å². The summed E-state index contributed by atoms with van der Waals surface area (Å²) in [6.07, 6.45) is -0.734. The van der Waals surface area contributed by atoms with E-state index in [0.29, 0.717) is 15.0 Å². The molecule has 1 aromatic heterocycles. The van der Waals surface area contributed by atoms with Crippen molar-refractivity contribution in [3.05, 3.63) is 35.9 Å². The quantitative estimate of drug-likeness (QED) is 0.432. The number of rotatable bonds is 6. The fraction of sp³-hybridized carbons (Fsp3) is 0.333. The van der Waals surface area contributed by atoms with Gasteiger partial charge in [0, 0.05) is 12.2 Å². The van der Waals surface area contributed by atoms with Crippen molar-refractivity contribution in [3.8, 4) is 0 Å². The second-order valence-corrected chi connectivity index (χ2v) is 7.52. The Labute approximate surface area is 149 Å². The largest absolute Gasteiger partial charge is 0.287 e. The standard InChI is InChI=1S/C15H12F3N3O2S2/c16-8-15(17,18)10-6-11(22)21(12(10)23)13-19-20-14(25-13)24-7-9-4-2-1-3-5-9/h1-5,10H,6-8H2. The first-order valence-corrected chi connectivity index (χ1v) is 9.03. The number of halogens is 3. The van der Waals surface area contributed by atoms with Crippen LogP contribution < -0.4 is 4.90 Å². The van der Waals surface area contributed by atoms with Crippen LogP contribution in [0.2, 0.25) is 0 Å². The molecule has 10 heteroatoms. The van der Waals surface area contributed by atoms with Crippen molar-refractivity contribution in [2.45, 2.75) is 22.4 Å². The summed E-state index contributed by atoms with van der Waals surface area (Å²) in [7, 11) is 0. The lowest BCUT2D eigenvalue weighted by molar-refractivity contribution is -0.136. The number of imide groups is 1. The van der Waals surface area contributed by atoms with E-state index in [9.17, 15) is 22.8 Å². The van der Waals surface area contributed by atoms with Crippen molar-refractivity contribution in [2.75, 3.05) is 11.6 Å². The maximum atomic E-state index is 13.5. The van der Waals surface area contributed by atoms with E-state index in [0.717, 1.165) is 16.9 Å². The third-order valence-electron chi connectivity index (χ3n) is 3.63. The van der Waals surface area contributed by atoms with Gasteiger partial charge in [0.1, 0.15) is 5.92 Å². The van der Waals surface area contributed by atoms with Crippen molar-refractivity contribution in [2.24, 2.45) is 5.92 Å². The molecule has 2 heterocycles. The molecule has 1 aromatic carbocycles. The number of aromatic nitrogens is 2. The van der Waals surface area contributed by atoms with Gasteiger partial charge in [-0.15, -0.1) is 10.2 Å². The number of hydrogen-bond donors (Lipinski definition) is 0. The van der Waals surface area contributed by atoms with Gasteiger partial charge in [-0.05, 0) is 5.56 Å². The number of carbonyl (C=O) groups excluding carboxylic acids is 2. The first-order chi connectivity index (χ1) is 11.9. The zero-order valence-corrected chi connectivity index (χ0v) is 14.3. The van der Waals surface area contributed by atoms with Gasteiger partial charge in [0.15, 0.2) is 11.0 Å². The lowest BCUT2D eigenvalue weighted by Gasteiger charge is -2.17. The van der Waals surface area contributed by atoms with Crippen LogP contribution in [0, 0.1) is 5.92 Å². The van der Waals surface area contributed by atoms with Crippen LogP contribution in [0.5, 0.6) is 0 Å². The van der Waals surface area contributed by atoms with Gasteiger partial charge in [-0.3, -0.25) is 9.59 Å². The van der Waals surface area contributed by atoms with E-state index in [2.05, 4.69) is 10.2 Å². The number of nitrogens with zero attached hydrogens (tertiary/aromatic N) is 3. The highest BCUT2D eigenvalue weighted by molar-refractivity contribution is 8.00. The molecule has 0 saturated carbocycles. The van der Waals surface area contributed by atoms with Crippen molar-refractivity contribution in [1.29, 1.82) is 0 Å². The van der Waals surface area contributed by atoms with E-state index in [1.54, 1.807) is 0 Å². The summed E-state index contributed by atoms with van der Waals surface area (Å²) < 4.78 is 39.9. The van der Waals surface area contributed by atoms with E-state index in [-0.39, 0.29) is 5.13 Å². The number of benzene rings is 1. The van der Waals surface area contributed by atoms with Gasteiger partial charge < -0.3 is 0 Å². The molecule has 1 fully saturated rings. The molecule has 2 amide bonds. The fourth-order valence-corrected chi connectivity index (χ4v) is 4.15. The zero-order valence-electron chi connectivity index (χ0n) is 12.7. The van der Waals surface area contributed by atoms with Crippen LogP contribution in [0.3, 0.4) is 0 Å². The molecule has 0 N–H and O–H groups in total. The van der Waals surface area contributed by atoms with Crippen LogP contribution in [0.1, 0.15) is 12.0 Å². The molecule has 0 bridgehead atoms. The maximum Gasteiger partial charge on any atom is 0.287 e. The van der Waals surface area contributed by atoms with E-state index >= 15 is 0 Å². The van der Waals surface area contributed by atoms with Gasteiger partial charge in [0.2, 0.25) is 16.9 Å². The molecule has 2 aromatic rings. The zero-order chi connectivity index (χ0) is 18.0. The Morgan fingerprint density at radius 1 is 1.24 bits per heavy atom. The van der Waals surface area contributed by atoms with Crippen molar-refractivity contribution >= 4 is 40.0 Å². The van der Waals surface area contributed by atoms with Crippen LogP contribution in [0.4, 0.5) is 18.3 Å². The average molecular weight is 387 g/mol. The third-order valence-corrected chi connectivity index (χ3v) is 5.74. The van der Waals surface area contributed by atoms with Crippen LogP contribution in [-0.4, -0.2) is 34.6 Å². The summed E-state index contributed by atoms with van der Waals surface area (Å²) in [5.41, 5.74) is 1.06. The predicted molar refractivity (Wildman–Crippen MR) is 87.4 cm³/mol. The fourth-order valence-electron chi connectivity index (χ4n) is 2.33. The number of hydrogen-bond acceptors (Lipinski definition) is 6. The molecule has 0 aliphatic carbocycles. The molecular weight excluding hydrogens is 375 g/mol. The number of amides is 2. The van der Waals surface area contributed by atoms with Gasteiger partial charge in [-0.1, -0.05) is 53.4 Å². The smallest absolute Gasteiger partial charge is 0.274 e. The molecule has 1 saturated heterocycles. The summed E-state index contributed by atoms with van der Waals surface area (Å²) >= 11 is 2.32. The molecule has 3 rings (SSSR count). The Morgan fingerprint density at radius 2 is 1.96 bits per heavy atom. The number of anilines is 1. The molecule has 5 nitrogen and oxygen atoms in total. The molecular formula is C15H12F3N3O2S2. The Kier molecular flexibility index (Phi) is 5.09. The summed E-state index contributed by atoms with van der Waals surface area (Å²) in [6.45, 7) is -1.99. The Balaban J connectivity index is 1.71. The highest BCUT2D eigenvalue weighted by Gasteiger charge is 2.54. The minimum Gasteiger partial charge on any atom is -0.274 e. The molecule has 25 heavy (non-hydrogen) atoms. The summed E-state index contributed by atoms with van der Waals surface area (Å²) in [6, 6.07) is 9.56. The SMILES string of the molecule is O=C1CC(C(F)(F)CF)C(=O)N1c1nnc(SCc2ccccc2)s1. The van der Waals surface area contributed by atoms with Crippen molar-refractivity contribution < 1.29 is 22.8 Å². The van der Waals surface area contributed by atoms with Crippen LogP contribution in [0.15, 0.2) is 34.7 Å². The maximum absolute atomic E-state index is 13.5. The van der Waals surface area contributed by atoms with Crippen molar-refractivity contribution in [1.82, 2.24) is 10.2 Å². The normalized spacial score (nSPS) is 18.2. The first kappa shape index (κ1) is 17.9. The molecule has 0 radical (unpaired) electrons. The molecule has 1 unspecified atom stereocenters. The van der Waals surface area contributed by atoms with E-state index in [1.807, 2.05) is 30.3 Å². The topological polar surface area (TPSA) is 63.2 Å². The van der Waals surface area contributed by atoms with E-state index in [4.69, 9.17) is 0 Å². The number of alkyl halides is 3. The predicted octanol–water partition coefficient (Wildman–Crippen LogP) is 3.31. The molecule has 1 aliphatic heterocycles. The summed E-state index contributed by atoms with van der Waals surface area (Å²) in [5.74, 6) is -7.20. The van der Waals surface area contributed by atoms with Crippen molar-refractivity contribution in [3.63, 3.8) is 0 Å². The highest BCUT2D eigenvalue weighted by Crippen LogP contribution is 2.39. The molecule has 132 valence electrons. The molecule has 0 spiro atoms. The lowest BCUT2D eigenvalue weighted by Crippen LogP contribution is -2.38. The van der Waals surface area contributed by atoms with Crippen LogP contribution >= 0.6 is 23.1 Å². The van der Waals surface area contributed by atoms with Gasteiger partial charge >= 0.3 is 0 Å². The summed E-state index contributed by atoms with van der Waals surface area (Å²) in [4.78, 5) is 24.6. The van der Waals surface area contributed by atoms with E-state index in [1.165, 1.54) is 11.8 Å². The number of carbonyl (C=O) groups is 2. The summed E-state index contributed by atoms with van der Waals surface area (Å²) in [5, 5.41) is 7.56. The van der Waals surface area contributed by atoms with Crippen LogP contribution in [0.25, 0.3) is 0 Å². The second kappa shape index (κ2) is 7.12. The van der Waals surface area contributed by atoms with Gasteiger partial charge in [0.25, 0.3) is 5.92 Å². The number of thioether (sulfide) groups is 1. The average Bonchev–Trinajstić information content (AvgIpc) is 3.18. The minimum absolute atomic E-state index is 0.0669. The monoisotopic (exact) mass is 387 g/mol.